The minimum Gasteiger partial charge on any atom is -0.408 e. The molecule has 5 aromatic rings. The smallest absolute Gasteiger partial charge is 0.408 e. The molecule has 4 heterocycles. The molecule has 2 aromatic carbocycles. The Morgan fingerprint density at radius 3 is 3.00 bits per heavy atom. The molecule has 8 heteroatoms. The van der Waals surface area contributed by atoms with Crippen LogP contribution in [0.5, 0.6) is 0 Å². The molecule has 0 saturated carbocycles. The van der Waals surface area contributed by atoms with Crippen LogP contribution in [-0.2, 0) is 6.54 Å². The molecule has 1 aliphatic heterocycles. The van der Waals surface area contributed by atoms with Gasteiger partial charge in [-0.2, -0.15) is 0 Å². The predicted molar refractivity (Wildman–Crippen MR) is 126 cm³/mol. The average Bonchev–Trinajstić information content (AvgIpc) is 3.55. The topological polar surface area (TPSA) is 84.1 Å². The number of fused-ring (bicyclic) bond motifs is 2. The van der Waals surface area contributed by atoms with E-state index < -0.39 is 11.6 Å². The second kappa shape index (κ2) is 8.07. The molecule has 1 aliphatic rings. The number of aromatic nitrogens is 3. The standard InChI is InChI=1S/C26H21FN4O3/c27-19-2-3-23(18(10-19)15-32)31-14-21(20-5-7-28-11-24(20)31)17-6-8-30(13-17)12-16-1-4-25-22(9-16)29-26(33)34-25/h1-5,7,9-11,14-15,17H,6,8,12-13H2,(H,29,33). The van der Waals surface area contributed by atoms with Gasteiger partial charge < -0.3 is 8.98 Å². The zero-order valence-electron chi connectivity index (χ0n) is 18.2. The maximum absolute atomic E-state index is 13.7. The van der Waals surface area contributed by atoms with Gasteiger partial charge in [0.1, 0.15) is 5.82 Å². The van der Waals surface area contributed by atoms with Crippen molar-refractivity contribution < 1.29 is 13.6 Å². The summed E-state index contributed by atoms with van der Waals surface area (Å²) in [6.07, 6.45) is 7.29. The van der Waals surface area contributed by atoms with Crippen molar-refractivity contribution in [3.8, 4) is 5.69 Å². The Hall–Kier alpha value is -4.04. The van der Waals surface area contributed by atoms with Crippen molar-refractivity contribution in [1.82, 2.24) is 19.4 Å². The minimum atomic E-state index is -0.446. The van der Waals surface area contributed by atoms with Gasteiger partial charge in [0, 0.05) is 36.4 Å². The number of H-pyrrole nitrogens is 1. The lowest BCUT2D eigenvalue weighted by Gasteiger charge is -2.16. The fraction of sp³-hybridized carbons (Fsp3) is 0.192. The van der Waals surface area contributed by atoms with Gasteiger partial charge in [-0.05, 0) is 66.4 Å². The summed E-state index contributed by atoms with van der Waals surface area (Å²) < 4.78 is 20.7. The van der Waals surface area contributed by atoms with E-state index in [0.717, 1.165) is 42.5 Å². The summed E-state index contributed by atoms with van der Waals surface area (Å²) in [4.78, 5) is 32.4. The quantitative estimate of drug-likeness (QED) is 0.396. The van der Waals surface area contributed by atoms with Gasteiger partial charge in [0.25, 0.3) is 0 Å². The highest BCUT2D eigenvalue weighted by Gasteiger charge is 2.27. The Kier molecular flexibility index (Phi) is 4.88. The minimum absolute atomic E-state index is 0.299. The molecule has 1 N–H and O–H groups in total. The zero-order valence-corrected chi connectivity index (χ0v) is 18.2. The second-order valence-corrected chi connectivity index (χ2v) is 8.73. The number of aldehydes is 1. The number of aromatic amines is 1. The van der Waals surface area contributed by atoms with Crippen LogP contribution in [0.2, 0.25) is 0 Å². The molecule has 0 spiro atoms. The van der Waals surface area contributed by atoms with Gasteiger partial charge in [-0.1, -0.05) is 6.07 Å². The van der Waals surface area contributed by atoms with Crippen molar-refractivity contribution >= 4 is 28.3 Å². The van der Waals surface area contributed by atoms with Crippen molar-refractivity contribution in [2.75, 3.05) is 13.1 Å². The Morgan fingerprint density at radius 2 is 2.12 bits per heavy atom. The average molecular weight is 456 g/mol. The number of nitrogens with zero attached hydrogens (tertiary/aromatic N) is 3. The number of carbonyl (C=O) groups is 1. The number of likely N-dealkylation sites (tertiary alicyclic amines) is 1. The number of nitrogens with one attached hydrogen (secondary N) is 1. The number of pyridine rings is 1. The van der Waals surface area contributed by atoms with E-state index in [4.69, 9.17) is 4.42 Å². The van der Waals surface area contributed by atoms with Gasteiger partial charge in [-0.3, -0.25) is 19.7 Å². The lowest BCUT2D eigenvalue weighted by atomic mass is 9.98. The highest BCUT2D eigenvalue weighted by atomic mass is 19.1. The maximum Gasteiger partial charge on any atom is 0.417 e. The zero-order chi connectivity index (χ0) is 23.2. The van der Waals surface area contributed by atoms with Crippen molar-refractivity contribution in [1.29, 1.82) is 0 Å². The van der Waals surface area contributed by atoms with E-state index in [9.17, 15) is 14.0 Å². The number of halogens is 1. The van der Waals surface area contributed by atoms with E-state index in [0.29, 0.717) is 34.6 Å². The number of oxazole rings is 1. The van der Waals surface area contributed by atoms with E-state index in [-0.39, 0.29) is 0 Å². The molecule has 1 atom stereocenters. The highest BCUT2D eigenvalue weighted by Crippen LogP contribution is 2.36. The Bertz CT molecular complexity index is 1600. The number of rotatable bonds is 5. The summed E-state index contributed by atoms with van der Waals surface area (Å²) in [5.41, 5.74) is 5.39. The van der Waals surface area contributed by atoms with Gasteiger partial charge >= 0.3 is 5.76 Å². The molecule has 0 radical (unpaired) electrons. The Balaban J connectivity index is 1.31. The van der Waals surface area contributed by atoms with Crippen molar-refractivity contribution in [3.63, 3.8) is 0 Å². The molecule has 34 heavy (non-hydrogen) atoms. The van der Waals surface area contributed by atoms with Gasteiger partial charge in [-0.15, -0.1) is 0 Å². The molecule has 6 rings (SSSR count). The molecular formula is C26H21FN4O3. The summed E-state index contributed by atoms with van der Waals surface area (Å²) in [6, 6.07) is 12.0. The summed E-state index contributed by atoms with van der Waals surface area (Å²) in [5, 5.41) is 1.08. The summed E-state index contributed by atoms with van der Waals surface area (Å²) in [5.74, 6) is -0.577. The van der Waals surface area contributed by atoms with Gasteiger partial charge in [-0.25, -0.2) is 9.18 Å². The van der Waals surface area contributed by atoms with Crippen LogP contribution >= 0.6 is 0 Å². The van der Waals surface area contributed by atoms with Crippen LogP contribution < -0.4 is 5.76 Å². The molecule has 7 nitrogen and oxygen atoms in total. The molecule has 0 aliphatic carbocycles. The number of benzene rings is 2. The summed E-state index contributed by atoms with van der Waals surface area (Å²) in [6.45, 7) is 2.59. The predicted octanol–water partition coefficient (Wildman–Crippen LogP) is 4.40. The molecule has 0 bridgehead atoms. The van der Waals surface area contributed by atoms with Gasteiger partial charge in [0.15, 0.2) is 11.9 Å². The van der Waals surface area contributed by atoms with Crippen molar-refractivity contribution in [2.45, 2.75) is 18.9 Å². The third-order valence-electron chi connectivity index (χ3n) is 6.62. The lowest BCUT2D eigenvalue weighted by Crippen LogP contribution is -2.19. The van der Waals surface area contributed by atoms with Crippen LogP contribution in [0.1, 0.15) is 33.8 Å². The fourth-order valence-electron chi connectivity index (χ4n) is 5.05. The maximum atomic E-state index is 13.7. The van der Waals surface area contributed by atoms with E-state index >= 15 is 0 Å². The van der Waals surface area contributed by atoms with Gasteiger partial charge in [0.05, 0.1) is 22.9 Å². The normalized spacial score (nSPS) is 16.6. The largest absolute Gasteiger partial charge is 0.417 e. The van der Waals surface area contributed by atoms with Crippen molar-refractivity contribution in [3.05, 3.63) is 94.1 Å². The first-order valence-electron chi connectivity index (χ1n) is 11.1. The summed E-state index contributed by atoms with van der Waals surface area (Å²) in [7, 11) is 0. The number of hydrogen-bond donors (Lipinski definition) is 1. The molecule has 0 amide bonds. The molecular weight excluding hydrogens is 435 g/mol. The van der Waals surface area contributed by atoms with Crippen LogP contribution in [0.25, 0.3) is 27.7 Å². The van der Waals surface area contributed by atoms with Crippen LogP contribution in [0, 0.1) is 5.82 Å². The Labute approximate surface area is 193 Å². The summed E-state index contributed by atoms with van der Waals surface area (Å²) >= 11 is 0. The first kappa shape index (κ1) is 20.6. The first-order chi connectivity index (χ1) is 16.6. The molecule has 1 saturated heterocycles. The molecule has 1 unspecified atom stereocenters. The van der Waals surface area contributed by atoms with Crippen LogP contribution in [-0.4, -0.2) is 38.8 Å². The Morgan fingerprint density at radius 1 is 1.21 bits per heavy atom. The monoisotopic (exact) mass is 456 g/mol. The first-order valence-corrected chi connectivity index (χ1v) is 11.1. The van der Waals surface area contributed by atoms with E-state index in [1.165, 1.54) is 17.7 Å². The second-order valence-electron chi connectivity index (χ2n) is 8.73. The van der Waals surface area contributed by atoms with E-state index in [1.54, 1.807) is 18.5 Å². The lowest BCUT2D eigenvalue weighted by molar-refractivity contribution is 0.112. The van der Waals surface area contributed by atoms with Crippen LogP contribution in [0.4, 0.5) is 4.39 Å². The van der Waals surface area contributed by atoms with Crippen LogP contribution in [0.15, 0.2) is 70.3 Å². The highest BCUT2D eigenvalue weighted by molar-refractivity contribution is 5.88. The van der Waals surface area contributed by atoms with Crippen LogP contribution in [0.3, 0.4) is 0 Å². The molecule has 170 valence electrons. The fourth-order valence-corrected chi connectivity index (χ4v) is 5.05. The third kappa shape index (κ3) is 3.52. The SMILES string of the molecule is O=Cc1cc(F)ccc1-n1cc(C2CCN(Cc3ccc4oc(=O)[nH]c4c3)C2)c2ccncc21. The van der Waals surface area contributed by atoms with E-state index in [1.807, 2.05) is 28.8 Å². The van der Waals surface area contributed by atoms with Gasteiger partial charge in [0.2, 0.25) is 0 Å². The molecule has 3 aromatic heterocycles. The number of hydrogen-bond acceptors (Lipinski definition) is 5. The van der Waals surface area contributed by atoms with Crippen molar-refractivity contribution in [2.24, 2.45) is 0 Å². The third-order valence-corrected chi connectivity index (χ3v) is 6.62. The van der Waals surface area contributed by atoms with E-state index in [2.05, 4.69) is 21.1 Å². The molecule has 1 fully saturated rings. The number of carbonyl (C=O) groups excluding carboxylic acids is 1.